The molecule has 0 fully saturated rings. The van der Waals surface area contributed by atoms with Gasteiger partial charge in [0.2, 0.25) is 0 Å². The van der Waals surface area contributed by atoms with Crippen LogP contribution in [0.3, 0.4) is 0 Å². The van der Waals surface area contributed by atoms with E-state index in [2.05, 4.69) is 0 Å². The maximum absolute atomic E-state index is 11.3. The lowest BCUT2D eigenvalue weighted by molar-refractivity contribution is 0.173. The minimum absolute atomic E-state index is 0.216. The Hall–Kier alpha value is -3.25. The number of nitrogens with zero attached hydrogens (tertiary/aromatic N) is 3. The van der Waals surface area contributed by atoms with Crippen LogP contribution in [0.4, 0.5) is 24.0 Å². The van der Waals surface area contributed by atoms with Crippen molar-refractivity contribution in [2.75, 3.05) is 26.2 Å². The van der Waals surface area contributed by atoms with Crippen molar-refractivity contribution < 1.29 is 24.0 Å². The minimum atomic E-state index is -1.10. The van der Waals surface area contributed by atoms with E-state index in [-0.39, 0.29) is 26.2 Å². The summed E-state index contributed by atoms with van der Waals surface area (Å²) in [7, 11) is 0. The van der Waals surface area contributed by atoms with E-state index in [1.165, 1.54) is 0 Å². The second-order valence-electron chi connectivity index (χ2n) is 3.98. The predicted octanol–water partition coefficient (Wildman–Crippen LogP) is -2.71. The second kappa shape index (κ2) is 8.13. The van der Waals surface area contributed by atoms with Crippen molar-refractivity contribution in [2.45, 2.75) is 0 Å². The van der Waals surface area contributed by atoms with Crippen molar-refractivity contribution in [2.24, 2.45) is 28.7 Å². The van der Waals surface area contributed by atoms with E-state index in [0.717, 1.165) is 4.90 Å². The first kappa shape index (κ1) is 18.8. The molecule has 0 aliphatic heterocycles. The molecule has 0 aromatic heterocycles. The predicted molar refractivity (Wildman–Crippen MR) is 72.9 cm³/mol. The van der Waals surface area contributed by atoms with Crippen LogP contribution in [0.2, 0.25) is 0 Å². The van der Waals surface area contributed by atoms with Gasteiger partial charge in [-0.05, 0) is 0 Å². The molecule has 13 heteroatoms. The fourth-order valence-electron chi connectivity index (χ4n) is 1.43. The number of hydrogen-bond donors (Lipinski definition) is 5. The maximum Gasteiger partial charge on any atom is 0.322 e. The number of amides is 10. The van der Waals surface area contributed by atoms with Gasteiger partial charge < -0.3 is 33.6 Å². The van der Waals surface area contributed by atoms with Gasteiger partial charge in [0.25, 0.3) is 0 Å². The van der Waals surface area contributed by atoms with Gasteiger partial charge in [-0.1, -0.05) is 0 Å². The number of urea groups is 5. The standard InChI is InChI=1S/C9H18N8O5/c10-5(18)15(1-3-16(6(11)19)7(12)20)2-4-17(8(13)21)9(14)22/h1-4H2,(H2,10,18)(H2,11,19)(H2,12,20)(H2,13,21)(H2,14,22). The summed E-state index contributed by atoms with van der Waals surface area (Å²) in [5.41, 5.74) is 24.8. The van der Waals surface area contributed by atoms with E-state index in [4.69, 9.17) is 28.7 Å². The molecule has 0 aliphatic rings. The molecule has 0 aliphatic carbocycles. The SMILES string of the molecule is NC(=O)N(CCN(C(N)=O)C(N)=O)CCN(C(N)=O)C(N)=O. The number of carbonyl (C=O) groups excluding carboxylic acids is 5. The van der Waals surface area contributed by atoms with Crippen molar-refractivity contribution in [3.05, 3.63) is 0 Å². The summed E-state index contributed by atoms with van der Waals surface area (Å²) >= 11 is 0. The Morgan fingerprint density at radius 2 is 0.773 bits per heavy atom. The first-order valence-electron chi connectivity index (χ1n) is 5.85. The number of imide groups is 2. The van der Waals surface area contributed by atoms with Gasteiger partial charge in [-0.25, -0.2) is 33.8 Å². The van der Waals surface area contributed by atoms with Crippen LogP contribution in [-0.4, -0.2) is 71.0 Å². The van der Waals surface area contributed by atoms with Gasteiger partial charge in [0.05, 0.1) is 0 Å². The Morgan fingerprint density at radius 1 is 0.500 bits per heavy atom. The zero-order chi connectivity index (χ0) is 17.4. The number of carbonyl (C=O) groups is 5. The van der Waals surface area contributed by atoms with Crippen LogP contribution in [0.25, 0.3) is 0 Å². The quantitative estimate of drug-likeness (QED) is 0.350. The van der Waals surface area contributed by atoms with Crippen LogP contribution in [0, 0.1) is 0 Å². The smallest absolute Gasteiger partial charge is 0.322 e. The average Bonchev–Trinajstić information content (AvgIpc) is 2.34. The molecule has 0 aromatic rings. The zero-order valence-electron chi connectivity index (χ0n) is 11.6. The molecule has 0 unspecified atom stereocenters. The third kappa shape index (κ3) is 5.81. The fourth-order valence-corrected chi connectivity index (χ4v) is 1.43. The lowest BCUT2D eigenvalue weighted by Gasteiger charge is -2.25. The van der Waals surface area contributed by atoms with E-state index >= 15 is 0 Å². The molecule has 124 valence electrons. The zero-order valence-corrected chi connectivity index (χ0v) is 11.6. The van der Waals surface area contributed by atoms with Gasteiger partial charge in [0, 0.05) is 26.2 Å². The van der Waals surface area contributed by atoms with Crippen LogP contribution in [0.5, 0.6) is 0 Å². The highest BCUT2D eigenvalue weighted by Gasteiger charge is 2.21. The lowest BCUT2D eigenvalue weighted by atomic mass is 10.4. The van der Waals surface area contributed by atoms with Gasteiger partial charge in [0.15, 0.2) is 0 Å². The average molecular weight is 318 g/mol. The van der Waals surface area contributed by atoms with Crippen molar-refractivity contribution in [1.82, 2.24) is 14.7 Å². The van der Waals surface area contributed by atoms with E-state index in [0.29, 0.717) is 9.80 Å². The molecule has 0 saturated heterocycles. The molecule has 22 heavy (non-hydrogen) atoms. The Kier molecular flexibility index (Phi) is 6.93. The lowest BCUT2D eigenvalue weighted by Crippen LogP contribution is -2.52. The molecule has 10 N–H and O–H groups in total. The van der Waals surface area contributed by atoms with E-state index in [9.17, 15) is 24.0 Å². The summed E-state index contributed by atoms with van der Waals surface area (Å²) in [5, 5.41) is 0. The molecule has 0 bridgehead atoms. The van der Waals surface area contributed by atoms with Crippen molar-refractivity contribution in [3.63, 3.8) is 0 Å². The Bertz CT molecular complexity index is 417. The Morgan fingerprint density at radius 3 is 0.955 bits per heavy atom. The molecule has 0 rings (SSSR count). The third-order valence-corrected chi connectivity index (χ3v) is 2.56. The summed E-state index contributed by atoms with van der Waals surface area (Å²) in [6, 6.07) is -5.34. The van der Waals surface area contributed by atoms with Crippen LogP contribution in [0.15, 0.2) is 0 Å². The highest BCUT2D eigenvalue weighted by Crippen LogP contribution is 1.96. The minimum Gasteiger partial charge on any atom is -0.351 e. The second-order valence-corrected chi connectivity index (χ2v) is 3.98. The number of nitrogens with two attached hydrogens (primary N) is 5. The van der Waals surface area contributed by atoms with Crippen molar-refractivity contribution >= 4 is 30.2 Å². The molecule has 0 radical (unpaired) electrons. The third-order valence-electron chi connectivity index (χ3n) is 2.56. The van der Waals surface area contributed by atoms with Crippen LogP contribution < -0.4 is 28.7 Å². The molecule has 13 nitrogen and oxygen atoms in total. The molecule has 10 amide bonds. The summed E-state index contributed by atoms with van der Waals surface area (Å²) in [4.78, 5) is 57.0. The van der Waals surface area contributed by atoms with E-state index < -0.39 is 30.2 Å². The summed E-state index contributed by atoms with van der Waals surface area (Å²) in [6.45, 7) is -1.07. The highest BCUT2D eigenvalue weighted by molar-refractivity contribution is 5.92. The first-order chi connectivity index (χ1) is 10.1. The molecule has 0 saturated carbocycles. The van der Waals surface area contributed by atoms with Gasteiger partial charge >= 0.3 is 30.2 Å². The number of hydrogen-bond acceptors (Lipinski definition) is 5. The molecule has 0 spiro atoms. The summed E-state index contributed by atoms with van der Waals surface area (Å²) in [6.07, 6.45) is 0. The topological polar surface area (TPSA) is 225 Å². The van der Waals surface area contributed by atoms with Gasteiger partial charge in [-0.2, -0.15) is 0 Å². The van der Waals surface area contributed by atoms with Crippen LogP contribution in [0.1, 0.15) is 0 Å². The van der Waals surface area contributed by atoms with Crippen molar-refractivity contribution in [3.8, 4) is 0 Å². The van der Waals surface area contributed by atoms with Crippen molar-refractivity contribution in [1.29, 1.82) is 0 Å². The van der Waals surface area contributed by atoms with Crippen LogP contribution in [-0.2, 0) is 0 Å². The fraction of sp³-hybridized carbons (Fsp3) is 0.444. The monoisotopic (exact) mass is 318 g/mol. The van der Waals surface area contributed by atoms with Gasteiger partial charge in [-0.3, -0.25) is 0 Å². The highest BCUT2D eigenvalue weighted by atomic mass is 16.2. The normalized spacial score (nSPS) is 9.64. The van der Waals surface area contributed by atoms with Crippen LogP contribution >= 0.6 is 0 Å². The molecular formula is C9H18N8O5. The first-order valence-corrected chi connectivity index (χ1v) is 5.85. The Balaban J connectivity index is 4.71. The molecule has 0 heterocycles. The Labute approximate surface area is 124 Å². The summed E-state index contributed by atoms with van der Waals surface area (Å²) < 4.78 is 0. The molecular weight excluding hydrogens is 300 g/mol. The number of primary amides is 5. The van der Waals surface area contributed by atoms with Gasteiger partial charge in [-0.15, -0.1) is 0 Å². The van der Waals surface area contributed by atoms with Gasteiger partial charge in [0.1, 0.15) is 0 Å². The molecule has 0 atom stereocenters. The maximum atomic E-state index is 11.3. The molecule has 0 aromatic carbocycles. The number of rotatable bonds is 6. The van der Waals surface area contributed by atoms with E-state index in [1.54, 1.807) is 0 Å². The largest absolute Gasteiger partial charge is 0.351 e. The van der Waals surface area contributed by atoms with E-state index in [1.807, 2.05) is 0 Å². The summed E-state index contributed by atoms with van der Waals surface area (Å²) in [5.74, 6) is 0.